The number of hydrogen-bond donors (Lipinski definition) is 0. The summed E-state index contributed by atoms with van der Waals surface area (Å²) in [5.74, 6) is 0. The van der Waals surface area contributed by atoms with Gasteiger partial charge in [0.25, 0.3) is 0 Å². The van der Waals surface area contributed by atoms with Crippen LogP contribution in [0.25, 0.3) is 0 Å². The molecule has 0 amide bonds. The van der Waals surface area contributed by atoms with Crippen molar-refractivity contribution in [2.75, 3.05) is 0 Å². The molecule has 34 valence electrons. The molecule has 0 aliphatic rings. The summed E-state index contributed by atoms with van der Waals surface area (Å²) >= 11 is 0. The van der Waals surface area contributed by atoms with Gasteiger partial charge >= 0.3 is 51.4 Å². The van der Waals surface area contributed by atoms with Gasteiger partial charge in [-0.15, -0.1) is 0 Å². The van der Waals surface area contributed by atoms with Crippen LogP contribution in [0.4, 0.5) is 0 Å². The third-order valence-corrected chi connectivity index (χ3v) is 0. The summed E-state index contributed by atoms with van der Waals surface area (Å²) in [7, 11) is 0.947. The van der Waals surface area contributed by atoms with Crippen LogP contribution in [0.5, 0.6) is 0 Å². The van der Waals surface area contributed by atoms with Gasteiger partial charge in [-0.05, 0) is 10.7 Å². The smallest absolute Gasteiger partial charge is 1.00 e. The Morgan fingerprint density at radius 3 is 1.67 bits per heavy atom. The molecule has 5 heteroatoms. The van der Waals surface area contributed by atoms with Crippen LogP contribution in [0.1, 0.15) is 1.43 Å². The third kappa shape index (κ3) is 39.7. The van der Waals surface area contributed by atoms with E-state index in [0.29, 0.717) is 0 Å². The van der Waals surface area contributed by atoms with Crippen LogP contribution in [0.2, 0.25) is 0 Å². The normalized spacial score (nSPS) is 9.67. The van der Waals surface area contributed by atoms with Crippen molar-refractivity contribution in [3.8, 4) is 0 Å². The minimum atomic E-state index is -3.44. The summed E-state index contributed by atoms with van der Waals surface area (Å²) in [5, 5.41) is 0. The molecule has 0 aromatic carbocycles. The van der Waals surface area contributed by atoms with E-state index in [-0.39, 0.29) is 52.8 Å². The molecule has 0 atom stereocenters. The Balaban J connectivity index is -0.0000000800. The van der Waals surface area contributed by atoms with Gasteiger partial charge in [-0.2, -0.15) is 0 Å². The Morgan fingerprint density at radius 1 is 1.67 bits per heavy atom. The summed E-state index contributed by atoms with van der Waals surface area (Å²) in [6, 6.07) is 0. The van der Waals surface area contributed by atoms with Gasteiger partial charge in [0, 0.05) is 0 Å². The van der Waals surface area contributed by atoms with Crippen LogP contribution in [-0.2, 0) is 9.05 Å². The van der Waals surface area contributed by atoms with Crippen LogP contribution >= 0.6 is 10.7 Å². The predicted molar refractivity (Wildman–Crippen MR) is 21.2 cm³/mol. The van der Waals surface area contributed by atoms with Gasteiger partial charge in [-0.1, -0.05) is 0 Å². The first-order chi connectivity index (χ1) is 2.00. The van der Waals surface area contributed by atoms with Crippen molar-refractivity contribution in [2.45, 2.75) is 0 Å². The van der Waals surface area contributed by atoms with Crippen LogP contribution < -0.4 is 51.4 Å². The van der Waals surface area contributed by atoms with Gasteiger partial charge in [0.2, 0.25) is 0 Å². The van der Waals surface area contributed by atoms with E-state index < -0.39 is 9.05 Å². The van der Waals surface area contributed by atoms with Gasteiger partial charge in [0.05, 0.1) is 0 Å². The molecule has 0 spiro atoms. The zero-order valence-electron chi connectivity index (χ0n) is 4.31. The van der Waals surface area contributed by atoms with Crippen molar-refractivity contribution in [1.82, 2.24) is 0 Å². The summed E-state index contributed by atoms with van der Waals surface area (Å²) in [4.78, 5) is 0. The van der Waals surface area contributed by atoms with Crippen molar-refractivity contribution >= 4 is 19.7 Å². The quantitative estimate of drug-likeness (QED) is 0.220. The zero-order chi connectivity index (χ0) is 4.50. The predicted octanol–water partition coefficient (Wildman–Crippen LogP) is -2.54. The van der Waals surface area contributed by atoms with E-state index in [2.05, 4.69) is 16.9 Å². The Bertz CT molecular complexity index is 101. The second-order valence-corrected chi connectivity index (χ2v) is 3.03. The molecule has 0 rings (SSSR count). The standard InChI is InChI=1S/CH2ClO2S.K.H/c1-5(2,3)4;;/h1H2;;/q-1;+1;-1/i;;1+2. The molecule has 0 radical (unpaired) electrons. The monoisotopic (exact) mass is 155 g/mol. The fraction of sp³-hybridized carbons (Fsp3) is 0. The second kappa shape index (κ2) is 3.83. The van der Waals surface area contributed by atoms with Crippen LogP contribution in [0.3, 0.4) is 0 Å². The fourth-order valence-corrected chi connectivity index (χ4v) is 0. The van der Waals surface area contributed by atoms with E-state index in [1.54, 1.807) is 0 Å². The molecular formula is CH3ClKO2S-. The molecule has 0 saturated heterocycles. The molecule has 0 fully saturated rings. The first kappa shape index (κ1) is 10.8. The van der Waals surface area contributed by atoms with Gasteiger partial charge in [-0.25, -0.2) is 14.7 Å². The van der Waals surface area contributed by atoms with Crippen LogP contribution in [-0.4, -0.2) is 8.42 Å². The van der Waals surface area contributed by atoms with Crippen molar-refractivity contribution in [3.05, 3.63) is 6.26 Å². The summed E-state index contributed by atoms with van der Waals surface area (Å²) in [6.45, 7) is 0. The van der Waals surface area contributed by atoms with E-state index in [0.717, 1.165) is 0 Å². The van der Waals surface area contributed by atoms with E-state index in [1.807, 2.05) is 0 Å². The van der Waals surface area contributed by atoms with Gasteiger partial charge in [0.1, 0.15) is 9.05 Å². The number of hydrogen-bond acceptors (Lipinski definition) is 2. The molecule has 0 aromatic heterocycles. The minimum Gasteiger partial charge on any atom is -1.00 e. The molecule has 0 aromatic rings. The molecule has 0 N–H and O–H groups in total. The van der Waals surface area contributed by atoms with Crippen molar-refractivity contribution in [1.29, 1.82) is 0 Å². The van der Waals surface area contributed by atoms with Crippen LogP contribution in [0.15, 0.2) is 0 Å². The first-order valence-electron chi connectivity index (χ1n) is 0.776. The van der Waals surface area contributed by atoms with Crippen LogP contribution in [0, 0.1) is 6.26 Å². The molecule has 0 heterocycles. The Morgan fingerprint density at radius 2 is 1.67 bits per heavy atom. The maximum atomic E-state index is 9.29. The Hall–Kier alpha value is 1.88. The van der Waals surface area contributed by atoms with Gasteiger partial charge in [-0.3, -0.25) is 0 Å². The molecule has 0 saturated carbocycles. The summed E-state index contributed by atoms with van der Waals surface area (Å²) in [5.41, 5.74) is 0. The molecule has 6 heavy (non-hydrogen) atoms. The third-order valence-electron chi connectivity index (χ3n) is 0. The minimum absolute atomic E-state index is 0. The van der Waals surface area contributed by atoms with Gasteiger partial charge in [0.15, 0.2) is 0 Å². The topological polar surface area (TPSA) is 34.1 Å². The SMILES string of the molecule is [3H-].[CH2-]S(=O)(=O)Cl.[K+]. The first-order valence-corrected chi connectivity index (χ1v) is 3.25. The molecule has 0 unspecified atom stereocenters. The summed E-state index contributed by atoms with van der Waals surface area (Å²) in [6.07, 6.45) is 2.51. The van der Waals surface area contributed by atoms with E-state index in [4.69, 9.17) is 0 Å². The molecule has 0 bridgehead atoms. The average Bonchev–Trinajstić information content (AvgIpc) is 0.722. The number of halogens is 1. The maximum absolute atomic E-state index is 9.29. The summed E-state index contributed by atoms with van der Waals surface area (Å²) < 4.78 is 18.6. The van der Waals surface area contributed by atoms with Crippen molar-refractivity contribution in [2.24, 2.45) is 0 Å². The fourth-order valence-electron chi connectivity index (χ4n) is 0. The zero-order valence-corrected chi connectivity index (χ0v) is 8.01. The van der Waals surface area contributed by atoms with E-state index >= 15 is 0 Å². The molecular weight excluding hydrogens is 151 g/mol. The van der Waals surface area contributed by atoms with Crippen molar-refractivity contribution in [3.63, 3.8) is 0 Å². The average molecular weight is 156 g/mol. The number of rotatable bonds is 0. The molecule has 2 nitrogen and oxygen atoms in total. The Kier molecular flexibility index (Phi) is 6.88. The second-order valence-electron chi connectivity index (χ2n) is 0.539. The maximum Gasteiger partial charge on any atom is 1.00 e. The van der Waals surface area contributed by atoms with Crippen molar-refractivity contribution < 1.29 is 61.2 Å². The Labute approximate surface area is 85.6 Å². The largest absolute Gasteiger partial charge is 1.00 e. The molecule has 0 aliphatic carbocycles. The van der Waals surface area contributed by atoms with Gasteiger partial charge < -0.3 is 1.43 Å². The van der Waals surface area contributed by atoms with E-state index in [9.17, 15) is 8.42 Å². The molecule has 0 aliphatic heterocycles. The van der Waals surface area contributed by atoms with E-state index in [1.165, 1.54) is 0 Å².